The van der Waals surface area contributed by atoms with Gasteiger partial charge in [-0.2, -0.15) is 0 Å². The molecule has 16 heavy (non-hydrogen) atoms. The SMILES string of the molecule is OCC1(c2ccc3c(c2)CCCC3)CCC1. The Kier molecular flexibility index (Phi) is 2.51. The van der Waals surface area contributed by atoms with Crippen molar-refractivity contribution in [3.63, 3.8) is 0 Å². The molecule has 0 bridgehead atoms. The fourth-order valence-corrected chi connectivity index (χ4v) is 3.20. The van der Waals surface area contributed by atoms with E-state index in [0.29, 0.717) is 6.61 Å². The van der Waals surface area contributed by atoms with Gasteiger partial charge in [-0.25, -0.2) is 0 Å². The largest absolute Gasteiger partial charge is 0.395 e. The molecule has 2 aliphatic carbocycles. The van der Waals surface area contributed by atoms with Gasteiger partial charge in [0.1, 0.15) is 0 Å². The highest BCUT2D eigenvalue weighted by Crippen LogP contribution is 2.44. The minimum Gasteiger partial charge on any atom is -0.395 e. The van der Waals surface area contributed by atoms with Crippen molar-refractivity contribution in [3.8, 4) is 0 Å². The van der Waals surface area contributed by atoms with Crippen molar-refractivity contribution in [2.45, 2.75) is 50.4 Å². The third-order valence-electron chi connectivity index (χ3n) is 4.57. The minimum atomic E-state index is 0.118. The van der Waals surface area contributed by atoms with Crippen LogP contribution in [0.15, 0.2) is 18.2 Å². The molecule has 1 N–H and O–H groups in total. The van der Waals surface area contributed by atoms with E-state index in [-0.39, 0.29) is 5.41 Å². The lowest BCUT2D eigenvalue weighted by atomic mass is 9.64. The molecule has 2 aliphatic rings. The van der Waals surface area contributed by atoms with Crippen molar-refractivity contribution in [1.29, 1.82) is 0 Å². The number of aliphatic hydroxyl groups excluding tert-OH is 1. The van der Waals surface area contributed by atoms with Gasteiger partial charge >= 0.3 is 0 Å². The Labute approximate surface area is 97.5 Å². The quantitative estimate of drug-likeness (QED) is 0.805. The predicted octanol–water partition coefficient (Wildman–Crippen LogP) is 2.98. The van der Waals surface area contributed by atoms with E-state index in [1.807, 2.05) is 0 Å². The van der Waals surface area contributed by atoms with E-state index in [0.717, 1.165) is 0 Å². The first-order chi connectivity index (χ1) is 7.84. The van der Waals surface area contributed by atoms with Crippen LogP contribution >= 0.6 is 0 Å². The molecule has 1 saturated carbocycles. The molecular weight excluding hydrogens is 196 g/mol. The lowest BCUT2D eigenvalue weighted by Gasteiger charge is -2.41. The number of aliphatic hydroxyl groups is 1. The molecule has 1 fully saturated rings. The Morgan fingerprint density at radius 3 is 2.38 bits per heavy atom. The summed E-state index contributed by atoms with van der Waals surface area (Å²) in [5.41, 5.74) is 4.60. The summed E-state index contributed by atoms with van der Waals surface area (Å²) < 4.78 is 0. The van der Waals surface area contributed by atoms with Crippen LogP contribution in [0.4, 0.5) is 0 Å². The number of aryl methyl sites for hydroxylation is 2. The van der Waals surface area contributed by atoms with Crippen LogP contribution in [0.2, 0.25) is 0 Å². The monoisotopic (exact) mass is 216 g/mol. The Bertz CT molecular complexity index is 385. The highest BCUT2D eigenvalue weighted by molar-refractivity contribution is 5.38. The Morgan fingerprint density at radius 1 is 1.00 bits per heavy atom. The van der Waals surface area contributed by atoms with Gasteiger partial charge in [-0.3, -0.25) is 0 Å². The van der Waals surface area contributed by atoms with Crippen LogP contribution in [-0.4, -0.2) is 11.7 Å². The van der Waals surface area contributed by atoms with Crippen LogP contribution in [0.5, 0.6) is 0 Å². The molecule has 0 atom stereocenters. The second-order valence-electron chi connectivity index (χ2n) is 5.48. The average molecular weight is 216 g/mol. The second kappa shape index (κ2) is 3.89. The molecule has 0 aliphatic heterocycles. The first kappa shape index (κ1) is 10.3. The van der Waals surface area contributed by atoms with Gasteiger partial charge in [0.15, 0.2) is 0 Å². The third kappa shape index (κ3) is 1.49. The highest BCUT2D eigenvalue weighted by Gasteiger charge is 2.38. The topological polar surface area (TPSA) is 20.2 Å². The van der Waals surface area contributed by atoms with Crippen molar-refractivity contribution in [2.75, 3.05) is 6.61 Å². The zero-order chi connectivity index (χ0) is 11.0. The van der Waals surface area contributed by atoms with Gasteiger partial charge < -0.3 is 5.11 Å². The molecule has 0 unspecified atom stereocenters. The summed E-state index contributed by atoms with van der Waals surface area (Å²) in [6.07, 6.45) is 8.79. The van der Waals surface area contributed by atoms with E-state index >= 15 is 0 Å². The summed E-state index contributed by atoms with van der Waals surface area (Å²) in [5, 5.41) is 9.59. The summed E-state index contributed by atoms with van der Waals surface area (Å²) in [4.78, 5) is 0. The number of benzene rings is 1. The summed E-state index contributed by atoms with van der Waals surface area (Å²) in [5.74, 6) is 0. The molecular formula is C15H20O. The number of hydrogen-bond acceptors (Lipinski definition) is 1. The maximum atomic E-state index is 9.59. The average Bonchev–Trinajstić information content (AvgIpc) is 2.28. The fraction of sp³-hybridized carbons (Fsp3) is 0.600. The van der Waals surface area contributed by atoms with Crippen molar-refractivity contribution in [1.82, 2.24) is 0 Å². The second-order valence-corrected chi connectivity index (χ2v) is 5.48. The van der Waals surface area contributed by atoms with Crippen LogP contribution in [0.3, 0.4) is 0 Å². The van der Waals surface area contributed by atoms with E-state index in [1.165, 1.54) is 50.5 Å². The van der Waals surface area contributed by atoms with E-state index in [4.69, 9.17) is 0 Å². The predicted molar refractivity (Wildman–Crippen MR) is 65.7 cm³/mol. The molecule has 0 saturated heterocycles. The zero-order valence-electron chi connectivity index (χ0n) is 9.84. The highest BCUT2D eigenvalue weighted by atomic mass is 16.3. The van der Waals surface area contributed by atoms with Crippen molar-refractivity contribution in [2.24, 2.45) is 0 Å². The molecule has 1 nitrogen and oxygen atoms in total. The molecule has 1 aromatic rings. The van der Waals surface area contributed by atoms with Crippen LogP contribution < -0.4 is 0 Å². The minimum absolute atomic E-state index is 0.118. The van der Waals surface area contributed by atoms with Crippen molar-refractivity contribution < 1.29 is 5.11 Å². The molecule has 0 heterocycles. The van der Waals surface area contributed by atoms with Gasteiger partial charge in [-0.1, -0.05) is 24.6 Å². The third-order valence-corrected chi connectivity index (χ3v) is 4.57. The number of rotatable bonds is 2. The van der Waals surface area contributed by atoms with E-state index in [2.05, 4.69) is 18.2 Å². The van der Waals surface area contributed by atoms with Crippen molar-refractivity contribution in [3.05, 3.63) is 34.9 Å². The van der Waals surface area contributed by atoms with Gasteiger partial charge in [0, 0.05) is 5.41 Å². The summed E-state index contributed by atoms with van der Waals surface area (Å²) in [7, 11) is 0. The molecule has 1 heteroatoms. The number of fused-ring (bicyclic) bond motifs is 1. The zero-order valence-corrected chi connectivity index (χ0v) is 9.84. The molecule has 0 spiro atoms. The van der Waals surface area contributed by atoms with Gasteiger partial charge in [0.25, 0.3) is 0 Å². The summed E-state index contributed by atoms with van der Waals surface area (Å²) >= 11 is 0. The summed E-state index contributed by atoms with van der Waals surface area (Å²) in [6.45, 7) is 0.325. The van der Waals surface area contributed by atoms with E-state index < -0.39 is 0 Å². The first-order valence-corrected chi connectivity index (χ1v) is 6.57. The Balaban J connectivity index is 1.96. The Morgan fingerprint density at radius 2 is 1.75 bits per heavy atom. The van der Waals surface area contributed by atoms with Crippen LogP contribution in [0.25, 0.3) is 0 Å². The van der Waals surface area contributed by atoms with Crippen molar-refractivity contribution >= 4 is 0 Å². The Hall–Kier alpha value is -0.820. The van der Waals surface area contributed by atoms with Crippen LogP contribution in [-0.2, 0) is 18.3 Å². The standard InChI is InChI=1S/C15H20O/c16-11-15(8-3-9-15)14-7-6-12-4-1-2-5-13(12)10-14/h6-7,10,16H,1-5,8-9,11H2. The van der Waals surface area contributed by atoms with E-state index in [1.54, 1.807) is 11.1 Å². The number of hydrogen-bond donors (Lipinski definition) is 1. The smallest absolute Gasteiger partial charge is 0.0527 e. The maximum absolute atomic E-state index is 9.59. The van der Waals surface area contributed by atoms with Gasteiger partial charge in [0.05, 0.1) is 6.61 Å². The fourth-order valence-electron chi connectivity index (χ4n) is 3.20. The van der Waals surface area contributed by atoms with E-state index in [9.17, 15) is 5.11 Å². The maximum Gasteiger partial charge on any atom is 0.0527 e. The van der Waals surface area contributed by atoms with Crippen LogP contribution in [0.1, 0.15) is 48.8 Å². The van der Waals surface area contributed by atoms with Crippen LogP contribution in [0, 0.1) is 0 Å². The molecule has 3 rings (SSSR count). The molecule has 0 aromatic heterocycles. The van der Waals surface area contributed by atoms with Gasteiger partial charge in [-0.15, -0.1) is 0 Å². The normalized spacial score (nSPS) is 22.3. The molecule has 0 amide bonds. The molecule has 1 aromatic carbocycles. The lowest BCUT2D eigenvalue weighted by Crippen LogP contribution is -2.38. The first-order valence-electron chi connectivity index (χ1n) is 6.57. The molecule has 0 radical (unpaired) electrons. The molecule has 86 valence electrons. The lowest BCUT2D eigenvalue weighted by molar-refractivity contribution is 0.120. The van der Waals surface area contributed by atoms with Gasteiger partial charge in [0.2, 0.25) is 0 Å². The summed E-state index contributed by atoms with van der Waals surface area (Å²) in [6, 6.07) is 6.95. The van der Waals surface area contributed by atoms with Gasteiger partial charge in [-0.05, 0) is 55.2 Å².